The minimum absolute atomic E-state index is 0.121. The lowest BCUT2D eigenvalue weighted by Crippen LogP contribution is -2.32. The highest BCUT2D eigenvalue weighted by molar-refractivity contribution is 7.07. The topological polar surface area (TPSA) is 74.9 Å². The van der Waals surface area contributed by atoms with E-state index in [-0.39, 0.29) is 15.8 Å². The van der Waals surface area contributed by atoms with Gasteiger partial charge in [0.1, 0.15) is 10.7 Å². The van der Waals surface area contributed by atoms with Gasteiger partial charge in [0.25, 0.3) is 11.5 Å². The third kappa shape index (κ3) is 4.43. The number of nitriles is 1. The van der Waals surface area contributed by atoms with Crippen LogP contribution in [-0.2, 0) is 4.79 Å². The molecule has 3 aromatic carbocycles. The molecule has 32 heavy (non-hydrogen) atoms. The van der Waals surface area contributed by atoms with E-state index in [9.17, 15) is 14.9 Å². The molecule has 1 aromatic heterocycles. The van der Waals surface area contributed by atoms with E-state index in [0.29, 0.717) is 15.9 Å². The molecular weight excluding hydrogens is 418 g/mol. The molecule has 156 valence electrons. The number of carbonyl (C=O) groups excluding carboxylic acids is 1. The second-order valence-corrected chi connectivity index (χ2v) is 8.14. The number of hydrogen-bond donors (Lipinski definition) is 1. The van der Waals surface area contributed by atoms with Gasteiger partial charge in [0.05, 0.1) is 10.2 Å². The lowest BCUT2D eigenvalue weighted by atomic mass is 10.2. The molecule has 1 N–H and O–H groups in total. The van der Waals surface area contributed by atoms with E-state index in [1.807, 2.05) is 73.7 Å². The zero-order valence-corrected chi connectivity index (χ0v) is 18.1. The maximum absolute atomic E-state index is 13.3. The number of nitrogens with zero attached hydrogens (tertiary/aromatic N) is 2. The minimum Gasteiger partial charge on any atom is -0.321 e. The quantitative estimate of drug-likeness (QED) is 0.532. The number of para-hydroxylation sites is 1. The highest BCUT2D eigenvalue weighted by Crippen LogP contribution is 2.11. The van der Waals surface area contributed by atoms with Crippen molar-refractivity contribution in [2.45, 2.75) is 6.92 Å². The molecule has 6 heteroatoms. The standard InChI is InChI=1S/C26H19N3O2S/c1-18-12-14-20(15-13-18)28-24(30)22(17-27)26-29(21-10-6-3-7-11-21)25(31)23(32-26)16-19-8-4-2-5-9-19/h2-16H,1H3,(H,28,30)/b23-16-,26-22-. The molecule has 0 aliphatic heterocycles. The summed E-state index contributed by atoms with van der Waals surface area (Å²) in [5.41, 5.74) is 2.69. The Morgan fingerprint density at radius 3 is 2.22 bits per heavy atom. The van der Waals surface area contributed by atoms with E-state index in [1.54, 1.807) is 30.3 Å². The molecule has 0 atom stereocenters. The summed E-state index contributed by atoms with van der Waals surface area (Å²) < 4.78 is 2.15. The maximum Gasteiger partial charge on any atom is 0.273 e. The summed E-state index contributed by atoms with van der Waals surface area (Å²) in [5, 5.41) is 12.6. The smallest absolute Gasteiger partial charge is 0.273 e. The van der Waals surface area contributed by atoms with Gasteiger partial charge in [-0.3, -0.25) is 14.2 Å². The van der Waals surface area contributed by atoms with Crippen molar-refractivity contribution in [3.8, 4) is 11.8 Å². The Labute approximate surface area is 188 Å². The number of thiazole rings is 1. The van der Waals surface area contributed by atoms with Crippen LogP contribution in [-0.4, -0.2) is 10.5 Å². The average molecular weight is 438 g/mol. The summed E-state index contributed by atoms with van der Waals surface area (Å²) in [6.45, 7) is 1.95. The fourth-order valence-corrected chi connectivity index (χ4v) is 4.29. The minimum atomic E-state index is -0.562. The molecule has 0 unspecified atom stereocenters. The van der Waals surface area contributed by atoms with E-state index < -0.39 is 5.91 Å². The van der Waals surface area contributed by atoms with Crippen molar-refractivity contribution >= 4 is 34.6 Å². The van der Waals surface area contributed by atoms with Gasteiger partial charge in [0.2, 0.25) is 0 Å². The number of rotatable bonds is 4. The van der Waals surface area contributed by atoms with Crippen LogP contribution in [0.2, 0.25) is 0 Å². The molecule has 0 radical (unpaired) electrons. The molecular formula is C26H19N3O2S. The Morgan fingerprint density at radius 1 is 0.969 bits per heavy atom. The third-order valence-electron chi connectivity index (χ3n) is 4.80. The number of aromatic nitrogens is 1. The lowest BCUT2D eigenvalue weighted by molar-refractivity contribution is -0.111. The molecule has 0 aliphatic carbocycles. The summed E-state index contributed by atoms with van der Waals surface area (Å²) in [4.78, 5) is 26.3. The normalized spacial score (nSPS) is 12.2. The van der Waals surface area contributed by atoms with Gasteiger partial charge in [-0.15, -0.1) is 11.3 Å². The van der Waals surface area contributed by atoms with E-state index in [1.165, 1.54) is 4.57 Å². The molecule has 0 spiro atoms. The summed E-state index contributed by atoms with van der Waals surface area (Å²) in [5.74, 6) is -0.562. The fourth-order valence-electron chi connectivity index (χ4n) is 3.19. The summed E-state index contributed by atoms with van der Waals surface area (Å²) in [7, 11) is 0. The highest BCUT2D eigenvalue weighted by atomic mass is 32.1. The number of anilines is 1. The Balaban J connectivity index is 1.94. The van der Waals surface area contributed by atoms with Crippen LogP contribution in [0.25, 0.3) is 17.3 Å². The van der Waals surface area contributed by atoms with E-state index in [0.717, 1.165) is 22.5 Å². The van der Waals surface area contributed by atoms with Crippen LogP contribution in [0.4, 0.5) is 5.69 Å². The first-order chi connectivity index (χ1) is 15.6. The first-order valence-electron chi connectivity index (χ1n) is 9.93. The Hall–Kier alpha value is -4.21. The molecule has 5 nitrogen and oxygen atoms in total. The van der Waals surface area contributed by atoms with E-state index in [2.05, 4.69) is 5.32 Å². The molecule has 1 heterocycles. The summed E-state index contributed by atoms with van der Waals surface area (Å²) in [6, 6.07) is 27.8. The molecule has 0 aliphatic rings. The van der Waals surface area contributed by atoms with Crippen molar-refractivity contribution in [1.82, 2.24) is 4.57 Å². The van der Waals surface area contributed by atoms with Crippen LogP contribution >= 0.6 is 11.3 Å². The van der Waals surface area contributed by atoms with Gasteiger partial charge in [-0.2, -0.15) is 5.26 Å². The number of aryl methyl sites for hydroxylation is 1. The molecule has 0 saturated carbocycles. The Kier molecular flexibility index (Phi) is 6.11. The number of amides is 1. The lowest BCUT2D eigenvalue weighted by Gasteiger charge is -2.06. The number of hydrogen-bond acceptors (Lipinski definition) is 4. The predicted octanol–water partition coefficient (Wildman–Crippen LogP) is 3.35. The fraction of sp³-hybridized carbons (Fsp3) is 0.0385. The van der Waals surface area contributed by atoms with Gasteiger partial charge in [-0.1, -0.05) is 66.2 Å². The van der Waals surface area contributed by atoms with Gasteiger partial charge >= 0.3 is 0 Å². The summed E-state index contributed by atoms with van der Waals surface area (Å²) in [6.07, 6.45) is 1.77. The van der Waals surface area contributed by atoms with E-state index >= 15 is 0 Å². The van der Waals surface area contributed by atoms with Crippen LogP contribution < -0.4 is 20.1 Å². The first-order valence-corrected chi connectivity index (χ1v) is 10.7. The zero-order valence-electron chi connectivity index (χ0n) is 17.3. The van der Waals surface area contributed by atoms with Crippen molar-refractivity contribution in [2.75, 3.05) is 5.32 Å². The average Bonchev–Trinajstić information content (AvgIpc) is 3.12. The van der Waals surface area contributed by atoms with Crippen LogP contribution in [0.3, 0.4) is 0 Å². The zero-order chi connectivity index (χ0) is 22.5. The molecule has 1 amide bonds. The van der Waals surface area contributed by atoms with Crippen molar-refractivity contribution in [3.05, 3.63) is 116 Å². The van der Waals surface area contributed by atoms with Gasteiger partial charge in [0.15, 0.2) is 5.57 Å². The largest absolute Gasteiger partial charge is 0.321 e. The molecule has 0 bridgehead atoms. The number of nitrogens with one attached hydrogen (secondary N) is 1. The molecule has 4 aromatic rings. The third-order valence-corrected chi connectivity index (χ3v) is 5.89. The van der Waals surface area contributed by atoms with E-state index in [4.69, 9.17) is 0 Å². The van der Waals surface area contributed by atoms with Crippen LogP contribution in [0, 0.1) is 18.3 Å². The van der Waals surface area contributed by atoms with Gasteiger partial charge in [-0.25, -0.2) is 0 Å². The predicted molar refractivity (Wildman–Crippen MR) is 128 cm³/mol. The molecule has 0 fully saturated rings. The monoisotopic (exact) mass is 437 g/mol. The summed E-state index contributed by atoms with van der Waals surface area (Å²) >= 11 is 1.12. The van der Waals surface area contributed by atoms with Crippen LogP contribution in [0.5, 0.6) is 0 Å². The van der Waals surface area contributed by atoms with Crippen LogP contribution in [0.15, 0.2) is 89.7 Å². The Bertz CT molecular complexity index is 1480. The maximum atomic E-state index is 13.3. The first kappa shape index (κ1) is 21.0. The van der Waals surface area contributed by atoms with Crippen molar-refractivity contribution < 1.29 is 4.79 Å². The van der Waals surface area contributed by atoms with Crippen molar-refractivity contribution in [3.63, 3.8) is 0 Å². The number of carbonyl (C=O) groups is 1. The second kappa shape index (κ2) is 9.29. The Morgan fingerprint density at radius 2 is 1.59 bits per heavy atom. The van der Waals surface area contributed by atoms with Crippen molar-refractivity contribution in [2.24, 2.45) is 0 Å². The van der Waals surface area contributed by atoms with Crippen LogP contribution in [0.1, 0.15) is 11.1 Å². The second-order valence-electron chi connectivity index (χ2n) is 7.11. The highest BCUT2D eigenvalue weighted by Gasteiger charge is 2.17. The SMILES string of the molecule is Cc1ccc(NC(=O)/C(C#N)=c2\s/c(=C\c3ccccc3)c(=O)n2-c2ccccc2)cc1. The molecule has 4 rings (SSSR count). The van der Waals surface area contributed by atoms with Gasteiger partial charge in [-0.05, 0) is 42.8 Å². The van der Waals surface area contributed by atoms with Gasteiger partial charge < -0.3 is 5.32 Å². The van der Waals surface area contributed by atoms with Crippen molar-refractivity contribution in [1.29, 1.82) is 5.26 Å². The number of benzene rings is 3. The van der Waals surface area contributed by atoms with Gasteiger partial charge in [0, 0.05) is 5.69 Å². The molecule has 0 saturated heterocycles.